The summed E-state index contributed by atoms with van der Waals surface area (Å²) in [6.45, 7) is 1.43. The van der Waals surface area contributed by atoms with E-state index in [1.165, 1.54) is 12.7 Å². The van der Waals surface area contributed by atoms with Gasteiger partial charge in [0, 0.05) is 29.4 Å². The van der Waals surface area contributed by atoms with Crippen molar-refractivity contribution in [1.82, 2.24) is 9.88 Å². The van der Waals surface area contributed by atoms with Gasteiger partial charge in [0.1, 0.15) is 5.01 Å². The number of rotatable bonds is 6. The van der Waals surface area contributed by atoms with Gasteiger partial charge in [0.15, 0.2) is 0 Å². The number of thiazole rings is 1. The zero-order valence-corrected chi connectivity index (χ0v) is 12.6. The molecular formula is C13H16N2O2S2. The Kier molecular flexibility index (Phi) is 5.07. The molecule has 0 aliphatic heterocycles. The van der Waals surface area contributed by atoms with Crippen LogP contribution in [-0.4, -0.2) is 36.6 Å². The largest absolute Gasteiger partial charge is 0.469 e. The summed E-state index contributed by atoms with van der Waals surface area (Å²) in [4.78, 5) is 17.7. The Hall–Kier alpha value is -1.24. The van der Waals surface area contributed by atoms with Crippen LogP contribution in [0, 0.1) is 0 Å². The molecule has 2 rings (SSSR count). The van der Waals surface area contributed by atoms with Crippen molar-refractivity contribution in [2.45, 2.75) is 13.0 Å². The maximum absolute atomic E-state index is 11.1. The number of carbonyl (C=O) groups excluding carboxylic acids is 1. The molecule has 2 aromatic rings. The van der Waals surface area contributed by atoms with E-state index in [1.807, 2.05) is 7.05 Å². The monoisotopic (exact) mass is 296 g/mol. The average Bonchev–Trinajstić information content (AvgIpc) is 3.06. The fraction of sp³-hybridized carbons (Fsp3) is 0.385. The maximum Gasteiger partial charge on any atom is 0.306 e. The standard InChI is InChI=1S/C13H16N2O2S2/c1-15(5-3-12(16)17-2)7-11-9-19-13(14-11)10-4-6-18-8-10/h4,6,8-9H,3,5,7H2,1-2H3. The number of carbonyl (C=O) groups is 1. The molecule has 0 aliphatic rings. The number of esters is 1. The van der Waals surface area contributed by atoms with Crippen LogP contribution in [0.5, 0.6) is 0 Å². The lowest BCUT2D eigenvalue weighted by Crippen LogP contribution is -2.22. The molecule has 0 N–H and O–H groups in total. The molecule has 6 heteroatoms. The number of hydrogen-bond donors (Lipinski definition) is 0. The molecule has 0 fully saturated rings. The number of ether oxygens (including phenoxy) is 1. The first-order valence-corrected chi connectivity index (χ1v) is 7.73. The van der Waals surface area contributed by atoms with Crippen LogP contribution >= 0.6 is 22.7 Å². The first-order chi connectivity index (χ1) is 9.19. The van der Waals surface area contributed by atoms with E-state index in [2.05, 4.69) is 36.8 Å². The van der Waals surface area contributed by atoms with Gasteiger partial charge in [-0.15, -0.1) is 11.3 Å². The maximum atomic E-state index is 11.1. The molecule has 0 radical (unpaired) electrons. The number of nitrogens with zero attached hydrogens (tertiary/aromatic N) is 2. The summed E-state index contributed by atoms with van der Waals surface area (Å²) >= 11 is 3.33. The number of thiophene rings is 1. The molecule has 102 valence electrons. The van der Waals surface area contributed by atoms with Gasteiger partial charge in [0.05, 0.1) is 19.2 Å². The van der Waals surface area contributed by atoms with E-state index in [4.69, 9.17) is 0 Å². The third kappa shape index (κ3) is 4.12. The molecule has 2 aromatic heterocycles. The summed E-state index contributed by atoms with van der Waals surface area (Å²) in [5, 5.41) is 7.28. The minimum atomic E-state index is -0.177. The smallest absolute Gasteiger partial charge is 0.306 e. The van der Waals surface area contributed by atoms with Crippen LogP contribution in [0.4, 0.5) is 0 Å². The van der Waals surface area contributed by atoms with E-state index in [-0.39, 0.29) is 5.97 Å². The molecular weight excluding hydrogens is 280 g/mol. The molecule has 0 amide bonds. The second kappa shape index (κ2) is 6.79. The summed E-state index contributed by atoms with van der Waals surface area (Å²) in [6.07, 6.45) is 0.411. The van der Waals surface area contributed by atoms with Crippen molar-refractivity contribution >= 4 is 28.6 Å². The third-order valence-corrected chi connectivity index (χ3v) is 4.30. The SMILES string of the molecule is COC(=O)CCN(C)Cc1csc(-c2ccsc2)n1. The van der Waals surface area contributed by atoms with E-state index in [0.29, 0.717) is 13.0 Å². The van der Waals surface area contributed by atoms with Gasteiger partial charge in [-0.05, 0) is 18.5 Å². The Morgan fingerprint density at radius 3 is 3.00 bits per heavy atom. The van der Waals surface area contributed by atoms with E-state index in [1.54, 1.807) is 22.7 Å². The zero-order chi connectivity index (χ0) is 13.7. The predicted molar refractivity (Wildman–Crippen MR) is 78.4 cm³/mol. The lowest BCUT2D eigenvalue weighted by molar-refractivity contribution is -0.140. The highest BCUT2D eigenvalue weighted by atomic mass is 32.1. The van der Waals surface area contributed by atoms with E-state index < -0.39 is 0 Å². The summed E-state index contributed by atoms with van der Waals surface area (Å²) in [5.41, 5.74) is 2.22. The van der Waals surface area contributed by atoms with Gasteiger partial charge in [0.2, 0.25) is 0 Å². The number of aromatic nitrogens is 1. The molecule has 0 aromatic carbocycles. The fourth-order valence-corrected chi connectivity index (χ4v) is 3.16. The Bertz CT molecular complexity index is 522. The number of methoxy groups -OCH3 is 1. The Labute approximate surface area is 120 Å². The molecule has 0 atom stereocenters. The molecule has 4 nitrogen and oxygen atoms in total. The quantitative estimate of drug-likeness (QED) is 0.769. The van der Waals surface area contributed by atoms with Crippen LogP contribution in [0.2, 0.25) is 0 Å². The number of hydrogen-bond acceptors (Lipinski definition) is 6. The van der Waals surface area contributed by atoms with Crippen LogP contribution < -0.4 is 0 Å². The second-order valence-electron chi connectivity index (χ2n) is 4.22. The van der Waals surface area contributed by atoms with Crippen LogP contribution in [0.25, 0.3) is 10.6 Å². The third-order valence-electron chi connectivity index (χ3n) is 2.68. The van der Waals surface area contributed by atoms with Crippen molar-refractivity contribution in [2.24, 2.45) is 0 Å². The first-order valence-electron chi connectivity index (χ1n) is 5.91. The lowest BCUT2D eigenvalue weighted by Gasteiger charge is -2.13. The van der Waals surface area contributed by atoms with Crippen molar-refractivity contribution in [3.63, 3.8) is 0 Å². The van der Waals surface area contributed by atoms with Gasteiger partial charge in [-0.2, -0.15) is 11.3 Å². The van der Waals surface area contributed by atoms with Gasteiger partial charge in [0.25, 0.3) is 0 Å². The molecule has 0 saturated heterocycles. The minimum absolute atomic E-state index is 0.177. The topological polar surface area (TPSA) is 42.4 Å². The van der Waals surface area contributed by atoms with Crippen molar-refractivity contribution in [3.8, 4) is 10.6 Å². The van der Waals surface area contributed by atoms with Gasteiger partial charge in [-0.1, -0.05) is 0 Å². The summed E-state index contributed by atoms with van der Waals surface area (Å²) < 4.78 is 4.63. The zero-order valence-electron chi connectivity index (χ0n) is 11.0. The predicted octanol–water partition coefficient (Wildman–Crippen LogP) is 2.87. The molecule has 2 heterocycles. The second-order valence-corrected chi connectivity index (χ2v) is 5.86. The van der Waals surface area contributed by atoms with Crippen molar-refractivity contribution in [2.75, 3.05) is 20.7 Å². The Morgan fingerprint density at radius 2 is 2.32 bits per heavy atom. The summed E-state index contributed by atoms with van der Waals surface area (Å²) in [6, 6.07) is 2.08. The van der Waals surface area contributed by atoms with E-state index in [0.717, 1.165) is 17.2 Å². The van der Waals surface area contributed by atoms with Crippen molar-refractivity contribution in [3.05, 3.63) is 27.9 Å². The Morgan fingerprint density at radius 1 is 1.47 bits per heavy atom. The molecule has 19 heavy (non-hydrogen) atoms. The molecule has 0 bridgehead atoms. The van der Waals surface area contributed by atoms with E-state index >= 15 is 0 Å². The first kappa shape index (κ1) is 14.2. The van der Waals surface area contributed by atoms with E-state index in [9.17, 15) is 4.79 Å². The highest BCUT2D eigenvalue weighted by Crippen LogP contribution is 2.25. The van der Waals surface area contributed by atoms with Gasteiger partial charge in [-0.25, -0.2) is 4.98 Å². The molecule has 0 aliphatic carbocycles. The molecule has 0 saturated carbocycles. The highest BCUT2D eigenvalue weighted by Gasteiger charge is 2.09. The normalized spacial score (nSPS) is 10.9. The molecule has 0 spiro atoms. The van der Waals surface area contributed by atoms with Gasteiger partial charge >= 0.3 is 5.97 Å². The highest BCUT2D eigenvalue weighted by molar-refractivity contribution is 7.14. The fourth-order valence-electron chi connectivity index (χ4n) is 1.64. The van der Waals surface area contributed by atoms with Gasteiger partial charge < -0.3 is 4.74 Å². The average molecular weight is 296 g/mol. The van der Waals surface area contributed by atoms with Crippen LogP contribution in [0.1, 0.15) is 12.1 Å². The minimum Gasteiger partial charge on any atom is -0.469 e. The van der Waals surface area contributed by atoms with Gasteiger partial charge in [-0.3, -0.25) is 9.69 Å². The van der Waals surface area contributed by atoms with Crippen LogP contribution in [0.15, 0.2) is 22.2 Å². The van der Waals surface area contributed by atoms with Crippen molar-refractivity contribution < 1.29 is 9.53 Å². The van der Waals surface area contributed by atoms with Crippen LogP contribution in [-0.2, 0) is 16.1 Å². The summed E-state index contributed by atoms with van der Waals surface area (Å²) in [7, 11) is 3.39. The molecule has 0 unspecified atom stereocenters. The summed E-state index contributed by atoms with van der Waals surface area (Å²) in [5.74, 6) is -0.177. The van der Waals surface area contributed by atoms with Crippen LogP contribution in [0.3, 0.4) is 0 Å². The Balaban J connectivity index is 1.88. The van der Waals surface area contributed by atoms with Crippen molar-refractivity contribution in [1.29, 1.82) is 0 Å². The lowest BCUT2D eigenvalue weighted by atomic mass is 10.3.